The highest BCUT2D eigenvalue weighted by atomic mass is 32.1. The minimum Gasteiger partial charge on any atom is -0.396 e. The van der Waals surface area contributed by atoms with E-state index in [1.54, 1.807) is 0 Å². The third-order valence-corrected chi connectivity index (χ3v) is 9.86. The fourth-order valence-corrected chi connectivity index (χ4v) is 8.12. The van der Waals surface area contributed by atoms with Crippen molar-refractivity contribution in [3.8, 4) is 0 Å². The van der Waals surface area contributed by atoms with Crippen LogP contribution in [0.15, 0.2) is 0 Å². The largest absolute Gasteiger partial charge is 0.396 e. The summed E-state index contributed by atoms with van der Waals surface area (Å²) in [5, 5.41) is 8.64. The van der Waals surface area contributed by atoms with Crippen molar-refractivity contribution in [2.24, 2.45) is 0 Å². The van der Waals surface area contributed by atoms with Crippen LogP contribution in [0.3, 0.4) is 0 Å². The predicted octanol–water partition coefficient (Wildman–Crippen LogP) is 2.65. The summed E-state index contributed by atoms with van der Waals surface area (Å²) in [4.78, 5) is 0. The first-order chi connectivity index (χ1) is 5.22. The van der Waals surface area contributed by atoms with Crippen LogP contribution in [-0.2, 0) is 0 Å². The number of hydrogen-bond acceptors (Lipinski definition) is 1. The quantitative estimate of drug-likeness (QED) is 0.666. The Morgan fingerprint density at radius 2 is 2.27 bits per heavy atom. The molecule has 0 radical (unpaired) electrons. The maximum atomic E-state index is 8.64. The molecule has 64 valence electrons. The zero-order valence-corrected chi connectivity index (χ0v) is 9.71. The average Bonchev–Trinajstić information content (AvgIpc) is 1.97. The minimum absolute atomic E-state index is 0.0246. The highest BCUT2D eigenvalue weighted by Crippen LogP contribution is 2.60. The molecule has 0 aromatic heterocycles. The van der Waals surface area contributed by atoms with E-state index in [9.17, 15) is 0 Å². The van der Waals surface area contributed by atoms with Crippen LogP contribution in [0.2, 0.25) is 0 Å². The van der Waals surface area contributed by atoms with E-state index in [4.69, 9.17) is 5.11 Å². The molecule has 4 heteroatoms. The van der Waals surface area contributed by atoms with E-state index in [0.717, 1.165) is 6.42 Å². The van der Waals surface area contributed by atoms with Gasteiger partial charge in [0.1, 0.15) is 14.8 Å². The van der Waals surface area contributed by atoms with Crippen molar-refractivity contribution in [1.29, 1.82) is 0 Å². The van der Waals surface area contributed by atoms with Crippen molar-refractivity contribution in [1.82, 2.24) is 0 Å². The molecule has 0 fully saturated rings. The van der Waals surface area contributed by atoms with Gasteiger partial charge < -0.3 is 5.11 Å². The van der Waals surface area contributed by atoms with E-state index in [2.05, 4.69) is 19.3 Å². The Bertz CT molecular complexity index is 136. The smallest absolute Gasteiger partial charge is 0.121 e. The third-order valence-electron chi connectivity index (χ3n) is 1.32. The van der Waals surface area contributed by atoms with Crippen molar-refractivity contribution in [2.45, 2.75) is 6.42 Å². The molecular formula is C7H16OP3+. The van der Waals surface area contributed by atoms with Crippen molar-refractivity contribution < 1.29 is 5.11 Å². The van der Waals surface area contributed by atoms with Crippen LogP contribution in [0.5, 0.6) is 0 Å². The van der Waals surface area contributed by atoms with E-state index < -0.39 is 0 Å². The highest BCUT2D eigenvalue weighted by Gasteiger charge is 2.16. The summed E-state index contributed by atoms with van der Waals surface area (Å²) in [5.41, 5.74) is 0. The van der Waals surface area contributed by atoms with Crippen LogP contribution in [0, 0.1) is 0 Å². The lowest BCUT2D eigenvalue weighted by Crippen LogP contribution is -1.87. The lowest BCUT2D eigenvalue weighted by molar-refractivity contribution is 0.296. The van der Waals surface area contributed by atoms with Gasteiger partial charge in [0.15, 0.2) is 0 Å². The van der Waals surface area contributed by atoms with Crippen LogP contribution in [-0.4, -0.2) is 43.0 Å². The van der Waals surface area contributed by atoms with Gasteiger partial charge in [-0.05, 0) is 6.42 Å². The van der Waals surface area contributed by atoms with Crippen LogP contribution in [0.1, 0.15) is 6.42 Å². The Labute approximate surface area is 73.0 Å². The summed E-state index contributed by atoms with van der Waals surface area (Å²) in [6.07, 6.45) is 10.0. The Hall–Kier alpha value is 0.730. The number of rotatable bonds is 6. The third kappa shape index (κ3) is 5.94. The van der Waals surface area contributed by atoms with Gasteiger partial charge >= 0.3 is 0 Å². The Kier molecular flexibility index (Phi) is 7.87. The molecular weight excluding hydrogens is 193 g/mol. The lowest BCUT2D eigenvalue weighted by atomic mass is 10.5. The Morgan fingerprint density at radius 3 is 2.64 bits per heavy atom. The van der Waals surface area contributed by atoms with Crippen LogP contribution in [0.4, 0.5) is 0 Å². The summed E-state index contributed by atoms with van der Waals surface area (Å²) in [6, 6.07) is 0. The molecule has 2 unspecified atom stereocenters. The van der Waals surface area contributed by atoms with E-state index in [-0.39, 0.29) is 14.8 Å². The molecule has 11 heavy (non-hydrogen) atoms. The topological polar surface area (TPSA) is 20.2 Å². The van der Waals surface area contributed by atoms with Crippen LogP contribution < -0.4 is 0 Å². The monoisotopic (exact) mass is 209 g/mol. The first-order valence-corrected chi connectivity index (χ1v) is 9.20. The summed E-state index contributed by atoms with van der Waals surface area (Å²) in [5.74, 6) is 1.21. The zero-order valence-electron chi connectivity index (χ0n) is 7.03. The van der Waals surface area contributed by atoms with Crippen LogP contribution >= 0.6 is 23.0 Å². The molecule has 1 N–H and O–H groups in total. The molecule has 0 rings (SSSR count). The summed E-state index contributed by atoms with van der Waals surface area (Å²) in [6.45, 7) is 2.56. The standard InChI is InChI=1S/C7H16OP3/c1-9-7-11(10(2)3)6-4-5-8/h8H,1-2,4-7H2,3H3/q+1. The molecule has 0 saturated heterocycles. The Balaban J connectivity index is 3.69. The van der Waals surface area contributed by atoms with E-state index >= 15 is 0 Å². The van der Waals surface area contributed by atoms with E-state index in [1.807, 2.05) is 0 Å². The second kappa shape index (κ2) is 7.38. The molecule has 2 atom stereocenters. The van der Waals surface area contributed by atoms with E-state index in [1.165, 1.54) is 20.3 Å². The van der Waals surface area contributed by atoms with Crippen molar-refractivity contribution in [3.63, 3.8) is 0 Å². The van der Waals surface area contributed by atoms with Gasteiger partial charge in [0.25, 0.3) is 0 Å². The maximum absolute atomic E-state index is 8.64. The first kappa shape index (κ1) is 11.7. The van der Waals surface area contributed by atoms with Gasteiger partial charge in [0, 0.05) is 12.8 Å². The normalized spacial score (nSPS) is 14.9. The SMILES string of the molecule is C=PCP(CCCO)[P+](=C)C. The summed E-state index contributed by atoms with van der Waals surface area (Å²) < 4.78 is 0. The predicted molar refractivity (Wildman–Crippen MR) is 62.4 cm³/mol. The number of aliphatic hydroxyl groups is 1. The second-order valence-corrected chi connectivity index (χ2v) is 10.4. The molecule has 0 amide bonds. The molecule has 0 aromatic rings. The molecule has 0 aliphatic rings. The fourth-order valence-electron chi connectivity index (χ4n) is 0.718. The van der Waals surface area contributed by atoms with Gasteiger partial charge in [-0.15, -0.1) is 8.20 Å². The van der Waals surface area contributed by atoms with Crippen molar-refractivity contribution in [2.75, 3.05) is 25.3 Å². The van der Waals surface area contributed by atoms with Gasteiger partial charge in [0.2, 0.25) is 0 Å². The second-order valence-electron chi connectivity index (χ2n) is 2.33. The van der Waals surface area contributed by atoms with Gasteiger partial charge in [0.05, 0.1) is 18.9 Å². The molecule has 0 saturated carbocycles. The number of aliphatic hydroxyl groups excluding tert-OH is 1. The maximum Gasteiger partial charge on any atom is 0.121 e. The molecule has 0 bridgehead atoms. The molecule has 0 aliphatic heterocycles. The average molecular weight is 209 g/mol. The van der Waals surface area contributed by atoms with Gasteiger partial charge in [-0.1, -0.05) is 6.30 Å². The first-order valence-electron chi connectivity index (χ1n) is 3.54. The van der Waals surface area contributed by atoms with Gasteiger partial charge in [-0.2, -0.15) is 0 Å². The molecule has 0 aliphatic carbocycles. The fraction of sp³-hybridized carbons (Fsp3) is 0.714. The lowest BCUT2D eigenvalue weighted by Gasteiger charge is -2.03. The van der Waals surface area contributed by atoms with Crippen molar-refractivity contribution in [3.05, 3.63) is 0 Å². The summed E-state index contributed by atoms with van der Waals surface area (Å²) >= 11 is 0. The van der Waals surface area contributed by atoms with Gasteiger partial charge in [-0.3, -0.25) is 0 Å². The molecule has 1 nitrogen and oxygen atoms in total. The van der Waals surface area contributed by atoms with Crippen LogP contribution in [0.25, 0.3) is 0 Å². The minimum atomic E-state index is -0.0246. The van der Waals surface area contributed by atoms with E-state index in [0.29, 0.717) is 6.61 Å². The molecule has 0 aromatic carbocycles. The van der Waals surface area contributed by atoms with Gasteiger partial charge in [-0.25, -0.2) is 0 Å². The molecule has 0 heterocycles. The highest BCUT2D eigenvalue weighted by molar-refractivity contribution is 8.29. The summed E-state index contributed by atoms with van der Waals surface area (Å²) in [7, 11) is 1.31. The number of hydrogen-bond donors (Lipinski definition) is 1. The molecule has 0 spiro atoms. The van der Waals surface area contributed by atoms with Crippen molar-refractivity contribution >= 4 is 35.6 Å². The zero-order chi connectivity index (χ0) is 8.69. The Morgan fingerprint density at radius 1 is 1.64 bits per heavy atom.